The summed E-state index contributed by atoms with van der Waals surface area (Å²) in [6.45, 7) is 3.53. The summed E-state index contributed by atoms with van der Waals surface area (Å²) < 4.78 is 5.49. The lowest BCUT2D eigenvalue weighted by molar-refractivity contribution is 0.236. The standard InChI is InChI=1S/C16H19ClN2O2S/c1-2-14-7-8-15(22-14)11-19-16(20)18-9-10-21-13-5-3-12(17)4-6-13/h3-8H,2,9-11H2,1H3,(H2,18,19,20). The second kappa shape index (κ2) is 8.66. The average Bonchev–Trinajstić information content (AvgIpc) is 2.99. The third-order valence-electron chi connectivity index (χ3n) is 2.96. The number of halogens is 1. The molecule has 2 amide bonds. The smallest absolute Gasteiger partial charge is 0.315 e. The summed E-state index contributed by atoms with van der Waals surface area (Å²) in [5.41, 5.74) is 0. The Bertz CT molecular complexity index is 598. The van der Waals surface area contributed by atoms with Crippen LogP contribution >= 0.6 is 22.9 Å². The van der Waals surface area contributed by atoms with Gasteiger partial charge in [0.2, 0.25) is 0 Å². The second-order valence-electron chi connectivity index (χ2n) is 4.63. The first-order chi connectivity index (χ1) is 10.7. The van der Waals surface area contributed by atoms with Crippen LogP contribution in [0.25, 0.3) is 0 Å². The van der Waals surface area contributed by atoms with Crippen LogP contribution in [0.15, 0.2) is 36.4 Å². The summed E-state index contributed by atoms with van der Waals surface area (Å²) in [5, 5.41) is 6.26. The highest BCUT2D eigenvalue weighted by Gasteiger charge is 2.02. The lowest BCUT2D eigenvalue weighted by Gasteiger charge is -2.08. The van der Waals surface area contributed by atoms with E-state index < -0.39 is 0 Å². The number of benzene rings is 1. The van der Waals surface area contributed by atoms with Gasteiger partial charge in [0.1, 0.15) is 12.4 Å². The van der Waals surface area contributed by atoms with Gasteiger partial charge in [-0.15, -0.1) is 11.3 Å². The van der Waals surface area contributed by atoms with Crippen molar-refractivity contribution in [2.45, 2.75) is 19.9 Å². The largest absolute Gasteiger partial charge is 0.492 e. The van der Waals surface area contributed by atoms with Gasteiger partial charge in [0.15, 0.2) is 0 Å². The molecule has 6 heteroatoms. The van der Waals surface area contributed by atoms with Crippen molar-refractivity contribution in [1.29, 1.82) is 0 Å². The summed E-state index contributed by atoms with van der Waals surface area (Å²) in [4.78, 5) is 14.1. The molecule has 0 aliphatic rings. The first-order valence-corrected chi connectivity index (χ1v) is 8.34. The maximum absolute atomic E-state index is 11.7. The molecule has 2 N–H and O–H groups in total. The molecule has 0 fully saturated rings. The summed E-state index contributed by atoms with van der Waals surface area (Å²) in [6.07, 6.45) is 1.03. The molecule has 2 aromatic rings. The number of carbonyl (C=O) groups excluding carboxylic acids is 1. The van der Waals surface area contributed by atoms with Gasteiger partial charge in [-0.1, -0.05) is 18.5 Å². The van der Waals surface area contributed by atoms with Gasteiger partial charge in [-0.05, 0) is 42.8 Å². The lowest BCUT2D eigenvalue weighted by Crippen LogP contribution is -2.37. The molecule has 0 spiro atoms. The molecule has 0 atom stereocenters. The molecule has 118 valence electrons. The van der Waals surface area contributed by atoms with Crippen molar-refractivity contribution < 1.29 is 9.53 Å². The summed E-state index contributed by atoms with van der Waals surface area (Å²) in [5.74, 6) is 0.734. The van der Waals surface area contributed by atoms with Gasteiger partial charge in [-0.25, -0.2) is 4.79 Å². The van der Waals surface area contributed by atoms with E-state index in [0.717, 1.165) is 17.0 Å². The van der Waals surface area contributed by atoms with E-state index in [9.17, 15) is 4.79 Å². The highest BCUT2D eigenvalue weighted by molar-refractivity contribution is 7.11. The molecule has 0 radical (unpaired) electrons. The maximum Gasteiger partial charge on any atom is 0.315 e. The molecule has 2 rings (SSSR count). The number of aryl methyl sites for hydroxylation is 1. The van der Waals surface area contributed by atoms with Gasteiger partial charge in [0, 0.05) is 14.8 Å². The van der Waals surface area contributed by atoms with Crippen LogP contribution < -0.4 is 15.4 Å². The zero-order chi connectivity index (χ0) is 15.8. The topological polar surface area (TPSA) is 50.4 Å². The van der Waals surface area contributed by atoms with Crippen LogP contribution in [-0.4, -0.2) is 19.2 Å². The molecule has 1 aromatic heterocycles. The molecule has 0 unspecified atom stereocenters. The highest BCUT2D eigenvalue weighted by Crippen LogP contribution is 2.16. The molecule has 0 aliphatic carbocycles. The fourth-order valence-electron chi connectivity index (χ4n) is 1.80. The highest BCUT2D eigenvalue weighted by atomic mass is 35.5. The average molecular weight is 339 g/mol. The van der Waals surface area contributed by atoms with E-state index in [1.807, 2.05) is 6.07 Å². The van der Waals surface area contributed by atoms with Crippen LogP contribution in [-0.2, 0) is 13.0 Å². The van der Waals surface area contributed by atoms with Crippen molar-refractivity contribution in [2.75, 3.05) is 13.2 Å². The number of hydrogen-bond donors (Lipinski definition) is 2. The van der Waals surface area contributed by atoms with Gasteiger partial charge in [-0.2, -0.15) is 0 Å². The SMILES string of the molecule is CCc1ccc(CNC(=O)NCCOc2ccc(Cl)cc2)s1. The fourth-order valence-corrected chi connectivity index (χ4v) is 2.83. The minimum Gasteiger partial charge on any atom is -0.492 e. The van der Waals surface area contributed by atoms with Crippen LogP contribution in [0.5, 0.6) is 5.75 Å². The Morgan fingerprint density at radius 1 is 1.14 bits per heavy atom. The summed E-state index contributed by atoms with van der Waals surface area (Å²) in [7, 11) is 0. The summed E-state index contributed by atoms with van der Waals surface area (Å²) >= 11 is 7.51. The lowest BCUT2D eigenvalue weighted by atomic mass is 10.3. The van der Waals surface area contributed by atoms with E-state index >= 15 is 0 Å². The predicted octanol–water partition coefficient (Wildman–Crippen LogP) is 3.84. The van der Waals surface area contributed by atoms with E-state index in [-0.39, 0.29) is 6.03 Å². The zero-order valence-corrected chi connectivity index (χ0v) is 14.0. The van der Waals surface area contributed by atoms with Crippen LogP contribution in [0.4, 0.5) is 4.79 Å². The molecular weight excluding hydrogens is 320 g/mol. The minimum atomic E-state index is -0.189. The van der Waals surface area contributed by atoms with Gasteiger partial charge >= 0.3 is 6.03 Å². The van der Waals surface area contributed by atoms with Crippen LogP contribution in [0, 0.1) is 0 Å². The van der Waals surface area contributed by atoms with E-state index in [4.69, 9.17) is 16.3 Å². The molecule has 22 heavy (non-hydrogen) atoms. The van der Waals surface area contributed by atoms with Crippen LogP contribution in [0.3, 0.4) is 0 Å². The molecule has 0 bridgehead atoms. The van der Waals surface area contributed by atoms with Crippen molar-refractivity contribution in [3.8, 4) is 5.75 Å². The minimum absolute atomic E-state index is 0.189. The van der Waals surface area contributed by atoms with E-state index in [0.29, 0.717) is 24.7 Å². The predicted molar refractivity (Wildman–Crippen MR) is 90.9 cm³/mol. The Morgan fingerprint density at radius 2 is 1.86 bits per heavy atom. The number of ether oxygens (including phenoxy) is 1. The van der Waals surface area contributed by atoms with Crippen molar-refractivity contribution in [3.63, 3.8) is 0 Å². The Morgan fingerprint density at radius 3 is 2.55 bits per heavy atom. The Hall–Kier alpha value is -1.72. The van der Waals surface area contributed by atoms with Gasteiger partial charge in [-0.3, -0.25) is 0 Å². The van der Waals surface area contributed by atoms with Gasteiger partial charge in [0.25, 0.3) is 0 Å². The maximum atomic E-state index is 11.7. The number of thiophene rings is 1. The first-order valence-electron chi connectivity index (χ1n) is 7.15. The molecule has 0 aliphatic heterocycles. The quantitative estimate of drug-likeness (QED) is 0.753. The molecule has 1 heterocycles. The number of hydrogen-bond acceptors (Lipinski definition) is 3. The number of rotatable bonds is 7. The number of urea groups is 1. The number of amides is 2. The van der Waals surface area contributed by atoms with E-state index in [1.165, 1.54) is 4.88 Å². The zero-order valence-electron chi connectivity index (χ0n) is 12.4. The molecular formula is C16H19ClN2O2S. The Labute approximate surface area is 139 Å². The molecule has 0 saturated heterocycles. The van der Waals surface area contributed by atoms with Gasteiger partial charge < -0.3 is 15.4 Å². The molecule has 1 aromatic carbocycles. The second-order valence-corrected chi connectivity index (χ2v) is 6.32. The van der Waals surface area contributed by atoms with Gasteiger partial charge in [0.05, 0.1) is 13.1 Å². The third-order valence-corrected chi connectivity index (χ3v) is 4.44. The van der Waals surface area contributed by atoms with Crippen molar-refractivity contribution in [3.05, 3.63) is 51.2 Å². The molecule has 0 saturated carbocycles. The van der Waals surface area contributed by atoms with Crippen molar-refractivity contribution >= 4 is 29.0 Å². The van der Waals surface area contributed by atoms with Crippen LogP contribution in [0.1, 0.15) is 16.7 Å². The van der Waals surface area contributed by atoms with Crippen LogP contribution in [0.2, 0.25) is 5.02 Å². The monoisotopic (exact) mass is 338 g/mol. The fraction of sp³-hybridized carbons (Fsp3) is 0.312. The number of nitrogens with one attached hydrogen (secondary N) is 2. The van der Waals surface area contributed by atoms with Crippen molar-refractivity contribution in [2.24, 2.45) is 0 Å². The third kappa shape index (κ3) is 5.58. The number of carbonyl (C=O) groups is 1. The summed E-state index contributed by atoms with van der Waals surface area (Å²) in [6, 6.07) is 11.1. The van der Waals surface area contributed by atoms with Crippen molar-refractivity contribution in [1.82, 2.24) is 10.6 Å². The van der Waals surface area contributed by atoms with E-state index in [2.05, 4.69) is 23.6 Å². The molecule has 4 nitrogen and oxygen atoms in total. The van der Waals surface area contributed by atoms with E-state index in [1.54, 1.807) is 35.6 Å². The normalized spacial score (nSPS) is 10.3. The Kier molecular flexibility index (Phi) is 6.55. The Balaban J connectivity index is 1.60. The first kappa shape index (κ1) is 16.6.